The molecule has 0 bridgehead atoms. The van der Waals surface area contributed by atoms with Gasteiger partial charge in [0, 0.05) is 12.7 Å². The molecule has 2 heteroatoms. The molecule has 0 amide bonds. The molecule has 1 aromatic rings. The first-order valence-corrected chi connectivity index (χ1v) is 5.73. The Balaban J connectivity index is 2.83. The summed E-state index contributed by atoms with van der Waals surface area (Å²) in [5.41, 5.74) is 1.15. The van der Waals surface area contributed by atoms with E-state index in [0.29, 0.717) is 6.04 Å². The van der Waals surface area contributed by atoms with Crippen molar-refractivity contribution in [2.45, 2.75) is 26.3 Å². The maximum absolute atomic E-state index is 4.16. The molecule has 0 saturated carbocycles. The van der Waals surface area contributed by atoms with Gasteiger partial charge in [-0.3, -0.25) is 4.98 Å². The van der Waals surface area contributed by atoms with E-state index in [4.69, 9.17) is 0 Å². The number of pyridine rings is 1. The van der Waals surface area contributed by atoms with E-state index in [9.17, 15) is 0 Å². The highest BCUT2D eigenvalue weighted by Gasteiger charge is 2.12. The van der Waals surface area contributed by atoms with Crippen LogP contribution in [0.2, 0.25) is 0 Å². The molecule has 1 rings (SSSR count). The molecule has 0 aliphatic heterocycles. The van der Waals surface area contributed by atoms with Gasteiger partial charge >= 0.3 is 0 Å². The summed E-state index contributed by atoms with van der Waals surface area (Å²) in [6.07, 6.45) is 10.9. The number of hydrogen-bond acceptors (Lipinski definition) is 2. The molecule has 1 heterocycles. The molecule has 86 valence electrons. The van der Waals surface area contributed by atoms with Crippen molar-refractivity contribution in [1.29, 1.82) is 0 Å². The Morgan fingerprint density at radius 2 is 2.38 bits per heavy atom. The van der Waals surface area contributed by atoms with Crippen molar-refractivity contribution in [3.63, 3.8) is 0 Å². The van der Waals surface area contributed by atoms with Gasteiger partial charge in [-0.15, -0.1) is 6.58 Å². The first-order valence-electron chi connectivity index (χ1n) is 5.73. The van der Waals surface area contributed by atoms with E-state index in [1.165, 1.54) is 0 Å². The highest BCUT2D eigenvalue weighted by atomic mass is 15.2. The number of nitrogens with zero attached hydrogens (tertiary/aromatic N) is 2. The third kappa shape index (κ3) is 3.23. The number of likely N-dealkylation sites (N-methyl/N-ethyl adjacent to an activating group) is 1. The summed E-state index contributed by atoms with van der Waals surface area (Å²) in [6, 6.07) is 4.39. The molecule has 0 aliphatic rings. The second kappa shape index (κ2) is 6.83. The normalized spacial score (nSPS) is 12.6. The number of allylic oxidation sites excluding steroid dienone is 1. The van der Waals surface area contributed by atoms with Crippen LogP contribution in [-0.4, -0.2) is 17.6 Å². The van der Waals surface area contributed by atoms with Gasteiger partial charge in [0.05, 0.1) is 17.9 Å². The summed E-state index contributed by atoms with van der Waals surface area (Å²) in [5.74, 6) is 0. The highest BCUT2D eigenvalue weighted by Crippen LogP contribution is 2.17. The van der Waals surface area contributed by atoms with E-state index in [2.05, 4.69) is 41.6 Å². The number of aromatic nitrogens is 1. The number of rotatable bonds is 6. The van der Waals surface area contributed by atoms with Gasteiger partial charge in [-0.1, -0.05) is 18.2 Å². The van der Waals surface area contributed by atoms with Crippen molar-refractivity contribution in [2.24, 2.45) is 0 Å². The Kier molecular flexibility index (Phi) is 5.34. The summed E-state index contributed by atoms with van der Waals surface area (Å²) in [4.78, 5) is 6.46. The van der Waals surface area contributed by atoms with Gasteiger partial charge in [0.1, 0.15) is 0 Å². The van der Waals surface area contributed by atoms with Gasteiger partial charge in [0.15, 0.2) is 0 Å². The summed E-state index contributed by atoms with van der Waals surface area (Å²) >= 11 is 0. The highest BCUT2D eigenvalue weighted by molar-refractivity contribution is 5.45. The monoisotopic (exact) mass is 216 g/mol. The standard InChI is InChI=1S/C14H20N2/c1-4-7-9-13(5-2)16(6-3)14-10-8-11-15-12-14/h4-5,7-8,10-13H,2,6,9H2,1,3H3/b7-4-. The Morgan fingerprint density at radius 3 is 2.88 bits per heavy atom. The zero-order chi connectivity index (χ0) is 11.8. The molecule has 0 saturated heterocycles. The van der Waals surface area contributed by atoms with Crippen LogP contribution in [0, 0.1) is 0 Å². The molecule has 1 aromatic heterocycles. The Morgan fingerprint density at radius 1 is 1.56 bits per heavy atom. The van der Waals surface area contributed by atoms with Crippen LogP contribution in [0.25, 0.3) is 0 Å². The van der Waals surface area contributed by atoms with Gasteiger partial charge in [-0.25, -0.2) is 0 Å². The zero-order valence-corrected chi connectivity index (χ0v) is 10.1. The van der Waals surface area contributed by atoms with Crippen LogP contribution in [0.1, 0.15) is 20.3 Å². The largest absolute Gasteiger partial charge is 0.364 e. The van der Waals surface area contributed by atoms with Crippen molar-refractivity contribution in [2.75, 3.05) is 11.4 Å². The minimum absolute atomic E-state index is 0.338. The lowest BCUT2D eigenvalue weighted by atomic mass is 10.1. The average Bonchev–Trinajstić information content (AvgIpc) is 2.35. The molecule has 0 aromatic carbocycles. The fraction of sp³-hybridized carbons (Fsp3) is 0.357. The summed E-state index contributed by atoms with van der Waals surface area (Å²) in [5, 5.41) is 0. The topological polar surface area (TPSA) is 16.1 Å². The van der Waals surface area contributed by atoms with Crippen LogP contribution in [-0.2, 0) is 0 Å². The molecule has 0 aliphatic carbocycles. The lowest BCUT2D eigenvalue weighted by molar-refractivity contribution is 0.709. The van der Waals surface area contributed by atoms with E-state index in [-0.39, 0.29) is 0 Å². The van der Waals surface area contributed by atoms with E-state index >= 15 is 0 Å². The third-order valence-corrected chi connectivity index (χ3v) is 2.60. The predicted octanol–water partition coefficient (Wildman–Crippen LogP) is 3.43. The SMILES string of the molecule is C=CC(C/C=C\C)N(CC)c1cccnc1. The molecule has 0 fully saturated rings. The van der Waals surface area contributed by atoms with Crippen molar-refractivity contribution < 1.29 is 0 Å². The summed E-state index contributed by atoms with van der Waals surface area (Å²) in [6.45, 7) is 9.06. The van der Waals surface area contributed by atoms with Crippen LogP contribution in [0.15, 0.2) is 49.3 Å². The summed E-state index contributed by atoms with van der Waals surface area (Å²) < 4.78 is 0. The van der Waals surface area contributed by atoms with E-state index < -0.39 is 0 Å². The van der Waals surface area contributed by atoms with Crippen molar-refractivity contribution >= 4 is 5.69 Å². The molecular weight excluding hydrogens is 196 g/mol. The van der Waals surface area contributed by atoms with Gasteiger partial charge in [-0.2, -0.15) is 0 Å². The molecule has 0 spiro atoms. The van der Waals surface area contributed by atoms with E-state index in [0.717, 1.165) is 18.7 Å². The molecular formula is C14H20N2. The van der Waals surface area contributed by atoms with Crippen LogP contribution in [0.4, 0.5) is 5.69 Å². The third-order valence-electron chi connectivity index (χ3n) is 2.60. The van der Waals surface area contributed by atoms with Crippen LogP contribution in [0.5, 0.6) is 0 Å². The number of anilines is 1. The molecule has 1 atom stereocenters. The fourth-order valence-electron chi connectivity index (χ4n) is 1.76. The fourth-order valence-corrected chi connectivity index (χ4v) is 1.76. The maximum atomic E-state index is 4.16. The second-order valence-electron chi connectivity index (χ2n) is 3.61. The first kappa shape index (κ1) is 12.5. The Labute approximate surface area is 98.3 Å². The van der Waals surface area contributed by atoms with Gasteiger partial charge < -0.3 is 4.90 Å². The quantitative estimate of drug-likeness (QED) is 0.677. The van der Waals surface area contributed by atoms with Crippen molar-refractivity contribution in [1.82, 2.24) is 4.98 Å². The molecule has 2 nitrogen and oxygen atoms in total. The minimum atomic E-state index is 0.338. The van der Waals surface area contributed by atoms with Crippen LogP contribution < -0.4 is 4.90 Å². The molecule has 0 N–H and O–H groups in total. The predicted molar refractivity (Wildman–Crippen MR) is 70.7 cm³/mol. The number of hydrogen-bond donors (Lipinski definition) is 0. The Bertz CT molecular complexity index is 330. The van der Waals surface area contributed by atoms with E-state index in [1.807, 2.05) is 25.3 Å². The van der Waals surface area contributed by atoms with Gasteiger partial charge in [0.25, 0.3) is 0 Å². The maximum Gasteiger partial charge on any atom is 0.0557 e. The zero-order valence-electron chi connectivity index (χ0n) is 10.1. The molecule has 0 radical (unpaired) electrons. The van der Waals surface area contributed by atoms with Gasteiger partial charge in [-0.05, 0) is 32.4 Å². The smallest absolute Gasteiger partial charge is 0.0557 e. The van der Waals surface area contributed by atoms with Crippen LogP contribution >= 0.6 is 0 Å². The van der Waals surface area contributed by atoms with Crippen molar-refractivity contribution in [3.05, 3.63) is 49.3 Å². The lowest BCUT2D eigenvalue weighted by Gasteiger charge is -2.29. The molecule has 16 heavy (non-hydrogen) atoms. The summed E-state index contributed by atoms with van der Waals surface area (Å²) in [7, 11) is 0. The minimum Gasteiger partial charge on any atom is -0.364 e. The second-order valence-corrected chi connectivity index (χ2v) is 3.61. The van der Waals surface area contributed by atoms with Crippen LogP contribution in [0.3, 0.4) is 0 Å². The molecule has 1 unspecified atom stereocenters. The van der Waals surface area contributed by atoms with Crippen molar-refractivity contribution in [3.8, 4) is 0 Å². The first-order chi connectivity index (χ1) is 7.83. The van der Waals surface area contributed by atoms with Gasteiger partial charge in [0.2, 0.25) is 0 Å². The lowest BCUT2D eigenvalue weighted by Crippen LogP contribution is -2.33. The van der Waals surface area contributed by atoms with E-state index in [1.54, 1.807) is 6.20 Å². The average molecular weight is 216 g/mol. The Hall–Kier alpha value is -1.57.